The van der Waals surface area contributed by atoms with Gasteiger partial charge in [-0.05, 0) is 18.6 Å². The highest BCUT2D eigenvalue weighted by Gasteiger charge is 2.42. The molecule has 1 saturated heterocycles. The van der Waals surface area contributed by atoms with Gasteiger partial charge in [-0.15, -0.1) is 0 Å². The third-order valence-corrected chi connectivity index (χ3v) is 6.11. The Kier molecular flexibility index (Phi) is 6.56. The molecule has 1 amide bonds. The minimum atomic E-state index is -4.48. The lowest BCUT2D eigenvalue weighted by molar-refractivity contribution is -0.137. The first kappa shape index (κ1) is 24.7. The Bertz CT molecular complexity index is 1310. The number of carbonyl (C=O) groups excluding carboxylic acids is 1. The molecule has 194 valence electrons. The molecule has 3 aromatic rings. The van der Waals surface area contributed by atoms with Gasteiger partial charge in [0.05, 0.1) is 42.1 Å². The largest absolute Gasteiger partial charge is 0.489 e. The molecule has 0 saturated carbocycles. The molecule has 1 aromatic carbocycles. The number of hydrogen-bond donors (Lipinski definition) is 4. The predicted octanol–water partition coefficient (Wildman–Crippen LogP) is 2.30. The molecule has 0 spiro atoms. The van der Waals surface area contributed by atoms with Gasteiger partial charge < -0.3 is 30.5 Å². The molecule has 1 unspecified atom stereocenters. The maximum Gasteiger partial charge on any atom is 0.416 e. The summed E-state index contributed by atoms with van der Waals surface area (Å²) in [6, 6.07) is 5.76. The van der Waals surface area contributed by atoms with Crippen molar-refractivity contribution in [3.05, 3.63) is 54.5 Å². The number of pyridine rings is 1. The smallest absolute Gasteiger partial charge is 0.416 e. The minimum Gasteiger partial charge on any atom is -0.489 e. The highest BCUT2D eigenvalue weighted by molar-refractivity contribution is 5.98. The second-order valence-corrected chi connectivity index (χ2v) is 8.80. The Morgan fingerprint density at radius 1 is 1.27 bits per heavy atom. The van der Waals surface area contributed by atoms with Gasteiger partial charge >= 0.3 is 6.18 Å². The van der Waals surface area contributed by atoms with Crippen molar-refractivity contribution in [2.45, 2.75) is 30.8 Å². The number of nitrogens with one attached hydrogen (secondary N) is 2. The van der Waals surface area contributed by atoms with Crippen LogP contribution >= 0.6 is 0 Å². The number of carbonyl (C=O) groups is 1. The Hall–Kier alpha value is -3.97. The van der Waals surface area contributed by atoms with Crippen LogP contribution in [0.3, 0.4) is 0 Å². The summed E-state index contributed by atoms with van der Waals surface area (Å²) in [5.41, 5.74) is 0.432. The molecule has 4 heterocycles. The molecule has 2 aliphatic rings. The van der Waals surface area contributed by atoms with Gasteiger partial charge in [-0.3, -0.25) is 9.78 Å². The molecule has 1 fully saturated rings. The quantitative estimate of drug-likeness (QED) is 0.373. The summed E-state index contributed by atoms with van der Waals surface area (Å²) in [6.45, 7) is -0.0282. The van der Waals surface area contributed by atoms with Gasteiger partial charge in [0.25, 0.3) is 0 Å². The van der Waals surface area contributed by atoms with Crippen LogP contribution in [-0.4, -0.2) is 69.0 Å². The average molecular weight is 516 g/mol. The minimum absolute atomic E-state index is 0.0831. The lowest BCUT2D eigenvalue weighted by Crippen LogP contribution is -2.41. The van der Waals surface area contributed by atoms with E-state index >= 15 is 0 Å². The molecule has 2 aliphatic heterocycles. The van der Waals surface area contributed by atoms with Gasteiger partial charge in [0.2, 0.25) is 5.91 Å². The summed E-state index contributed by atoms with van der Waals surface area (Å²) in [7, 11) is 0. The molecular weight excluding hydrogens is 493 g/mol. The van der Waals surface area contributed by atoms with Crippen LogP contribution in [0.2, 0.25) is 0 Å². The lowest BCUT2D eigenvalue weighted by atomic mass is 10.1. The molecule has 5 rings (SSSR count). The third kappa shape index (κ3) is 5.27. The van der Waals surface area contributed by atoms with Gasteiger partial charge in [-0.2, -0.15) is 13.2 Å². The summed E-state index contributed by atoms with van der Waals surface area (Å²) < 4.78 is 44.7. The van der Waals surface area contributed by atoms with E-state index in [0.29, 0.717) is 35.9 Å². The van der Waals surface area contributed by atoms with Crippen molar-refractivity contribution in [3.63, 3.8) is 0 Å². The Labute approximate surface area is 209 Å². The topological polar surface area (TPSA) is 133 Å². The second kappa shape index (κ2) is 9.82. The van der Waals surface area contributed by atoms with E-state index < -0.39 is 30.5 Å². The number of rotatable bonds is 7. The molecule has 37 heavy (non-hydrogen) atoms. The van der Waals surface area contributed by atoms with E-state index in [1.54, 1.807) is 6.07 Å². The number of aliphatic hydroxyl groups is 2. The summed E-state index contributed by atoms with van der Waals surface area (Å²) >= 11 is 0. The molecule has 2 aromatic heterocycles. The van der Waals surface area contributed by atoms with Crippen molar-refractivity contribution in [2.24, 2.45) is 0 Å². The highest BCUT2D eigenvalue weighted by Crippen LogP contribution is 2.39. The fourth-order valence-corrected chi connectivity index (χ4v) is 4.35. The Morgan fingerprint density at radius 2 is 2.11 bits per heavy atom. The number of anilines is 3. The standard InChI is InChI=1S/C24H23F3N6O4/c25-24(26,27)14-3-1-2-13(4-14)21-29-9-20-22(32-21)30-16-6-19(33(20)10-16)23(36)31-15-5-18(8-28-7-15)37-12-17(35)11-34/h1-5,7-9,16-17,19,34-35H,6,10-12H2,(H,31,36)(H,29,30,32)/t16-,17-,19?/m0/s1. The van der Waals surface area contributed by atoms with E-state index in [4.69, 9.17) is 9.84 Å². The van der Waals surface area contributed by atoms with Crippen LogP contribution in [0.5, 0.6) is 5.75 Å². The maximum atomic E-state index is 13.1. The zero-order valence-corrected chi connectivity index (χ0v) is 19.3. The Morgan fingerprint density at radius 3 is 2.89 bits per heavy atom. The maximum absolute atomic E-state index is 13.1. The average Bonchev–Trinajstić information content (AvgIpc) is 3.24. The fraction of sp³-hybridized carbons (Fsp3) is 0.333. The van der Waals surface area contributed by atoms with Gasteiger partial charge in [-0.25, -0.2) is 9.97 Å². The predicted molar refractivity (Wildman–Crippen MR) is 127 cm³/mol. The molecular formula is C24H23F3N6O4. The summed E-state index contributed by atoms with van der Waals surface area (Å²) in [5.74, 6) is 0.635. The van der Waals surface area contributed by atoms with Crippen molar-refractivity contribution in [2.75, 3.05) is 35.3 Å². The molecule has 4 N–H and O–H groups in total. The number of fused-ring (bicyclic) bond motifs is 4. The highest BCUT2D eigenvalue weighted by atomic mass is 19.4. The molecule has 13 heteroatoms. The van der Waals surface area contributed by atoms with Crippen molar-refractivity contribution in [1.29, 1.82) is 0 Å². The van der Waals surface area contributed by atoms with E-state index in [1.807, 2.05) is 4.90 Å². The molecule has 10 nitrogen and oxygen atoms in total. The first-order valence-electron chi connectivity index (χ1n) is 11.5. The summed E-state index contributed by atoms with van der Waals surface area (Å²) in [6.07, 6.45) is -0.642. The first-order chi connectivity index (χ1) is 17.7. The summed E-state index contributed by atoms with van der Waals surface area (Å²) in [4.78, 5) is 27.8. The van der Waals surface area contributed by atoms with Crippen molar-refractivity contribution < 1.29 is 32.9 Å². The van der Waals surface area contributed by atoms with Gasteiger partial charge in [0.1, 0.15) is 24.5 Å². The first-order valence-corrected chi connectivity index (χ1v) is 11.5. The number of aromatic nitrogens is 3. The molecule has 2 bridgehead atoms. The van der Waals surface area contributed by atoms with Gasteiger partial charge in [-0.1, -0.05) is 12.1 Å². The van der Waals surface area contributed by atoms with Crippen LogP contribution in [0.25, 0.3) is 11.4 Å². The zero-order valence-electron chi connectivity index (χ0n) is 19.3. The van der Waals surface area contributed by atoms with Crippen LogP contribution in [0, 0.1) is 0 Å². The van der Waals surface area contributed by atoms with Crippen molar-refractivity contribution in [1.82, 2.24) is 15.0 Å². The van der Waals surface area contributed by atoms with E-state index in [-0.39, 0.29) is 29.9 Å². The summed E-state index contributed by atoms with van der Waals surface area (Å²) in [5, 5.41) is 24.4. The monoisotopic (exact) mass is 516 g/mol. The third-order valence-electron chi connectivity index (χ3n) is 6.11. The number of halogens is 3. The van der Waals surface area contributed by atoms with Crippen LogP contribution < -0.4 is 20.3 Å². The fourth-order valence-electron chi connectivity index (χ4n) is 4.35. The van der Waals surface area contributed by atoms with Crippen LogP contribution in [0.15, 0.2) is 48.9 Å². The lowest BCUT2D eigenvalue weighted by Gasteiger charge is -2.30. The SMILES string of the molecule is O=C(Nc1cncc(OC[C@@H](O)CO)c1)C1C[C@H]2CN1c1cnc(-c3cccc(C(F)(F)F)c3)nc1N2. The van der Waals surface area contributed by atoms with Crippen molar-refractivity contribution in [3.8, 4) is 17.1 Å². The number of ether oxygens (including phenoxy) is 1. The molecule has 0 radical (unpaired) electrons. The van der Waals surface area contributed by atoms with Crippen LogP contribution in [0.1, 0.15) is 12.0 Å². The second-order valence-electron chi connectivity index (χ2n) is 8.80. The van der Waals surface area contributed by atoms with E-state index in [0.717, 1.165) is 12.1 Å². The number of benzene rings is 1. The number of aliphatic hydroxyl groups excluding tert-OH is 2. The van der Waals surface area contributed by atoms with E-state index in [9.17, 15) is 23.1 Å². The van der Waals surface area contributed by atoms with Gasteiger partial charge in [0.15, 0.2) is 11.6 Å². The van der Waals surface area contributed by atoms with E-state index in [2.05, 4.69) is 25.6 Å². The van der Waals surface area contributed by atoms with Crippen LogP contribution in [-0.2, 0) is 11.0 Å². The normalized spacial score (nSPS) is 19.1. The Balaban J connectivity index is 1.32. The molecule has 0 aliphatic carbocycles. The van der Waals surface area contributed by atoms with Crippen molar-refractivity contribution >= 4 is 23.1 Å². The molecule has 3 atom stereocenters. The van der Waals surface area contributed by atoms with Crippen LogP contribution in [0.4, 0.5) is 30.4 Å². The van der Waals surface area contributed by atoms with E-state index in [1.165, 1.54) is 30.7 Å². The number of amides is 1. The zero-order chi connectivity index (χ0) is 26.2. The number of hydrogen-bond acceptors (Lipinski definition) is 9. The van der Waals surface area contributed by atoms with Gasteiger partial charge in [0, 0.05) is 24.2 Å². The number of nitrogens with zero attached hydrogens (tertiary/aromatic N) is 4. The number of alkyl halides is 3.